The van der Waals surface area contributed by atoms with Gasteiger partial charge in [0.2, 0.25) is 11.2 Å². The number of carbonyl (C=O) groups is 1. The Kier molecular flexibility index (Phi) is 4.77. The van der Waals surface area contributed by atoms with Gasteiger partial charge in [0.05, 0.1) is 16.3 Å². The molecule has 0 aliphatic rings. The zero-order chi connectivity index (χ0) is 15.6. The second-order valence-corrected chi connectivity index (χ2v) is 7.55. The van der Waals surface area contributed by atoms with E-state index >= 15 is 0 Å². The minimum absolute atomic E-state index is 0.0490. The number of nitrogens with one attached hydrogen (secondary N) is 2. The van der Waals surface area contributed by atoms with Crippen molar-refractivity contribution in [1.82, 2.24) is 20.0 Å². The Morgan fingerprint density at radius 3 is 2.90 bits per heavy atom. The molecule has 1 amide bonds. The van der Waals surface area contributed by atoms with Gasteiger partial charge in [0.25, 0.3) is 10.0 Å². The number of thiophene rings is 1. The highest BCUT2D eigenvalue weighted by atomic mass is 35.5. The van der Waals surface area contributed by atoms with E-state index in [2.05, 4.69) is 20.0 Å². The molecule has 0 bridgehead atoms. The smallest absolute Gasteiger partial charge is 0.250 e. The van der Waals surface area contributed by atoms with Gasteiger partial charge in [-0.15, -0.1) is 11.3 Å². The van der Waals surface area contributed by atoms with E-state index in [1.54, 1.807) is 6.92 Å². The highest BCUT2D eigenvalue weighted by Gasteiger charge is 2.24. The maximum Gasteiger partial charge on any atom is 0.250 e. The maximum atomic E-state index is 12.2. The third kappa shape index (κ3) is 3.67. The zero-order valence-corrected chi connectivity index (χ0v) is 13.6. The van der Waals surface area contributed by atoms with Crippen molar-refractivity contribution in [1.29, 1.82) is 0 Å². The summed E-state index contributed by atoms with van der Waals surface area (Å²) in [6.45, 7) is 3.67. The van der Waals surface area contributed by atoms with Gasteiger partial charge >= 0.3 is 0 Å². The molecule has 0 saturated carbocycles. The van der Waals surface area contributed by atoms with Crippen molar-refractivity contribution in [2.45, 2.75) is 24.1 Å². The van der Waals surface area contributed by atoms with Crippen molar-refractivity contribution in [3.63, 3.8) is 0 Å². The lowest BCUT2D eigenvalue weighted by atomic mass is 10.3. The standard InChI is InChI=1S/C11H13ClN4O3S2/c1-3-13-10(17)6(2)16-21(18,19)9-4-7-8(20-9)5-14-11(12)15-7/h4-6,16H,3H2,1-2H3,(H,13,17)/t6-/m0/s1. The first-order valence-corrected chi connectivity index (χ1v) is 8.73. The maximum absolute atomic E-state index is 12.2. The van der Waals surface area contributed by atoms with Crippen LogP contribution in [0.3, 0.4) is 0 Å². The minimum Gasteiger partial charge on any atom is -0.355 e. The molecule has 7 nitrogen and oxygen atoms in total. The summed E-state index contributed by atoms with van der Waals surface area (Å²) in [4.78, 5) is 19.3. The van der Waals surface area contributed by atoms with Crippen molar-refractivity contribution in [2.24, 2.45) is 0 Å². The number of aromatic nitrogens is 2. The number of sulfonamides is 1. The number of fused-ring (bicyclic) bond motifs is 1. The van der Waals surface area contributed by atoms with Crippen LogP contribution in [0.2, 0.25) is 5.28 Å². The van der Waals surface area contributed by atoms with E-state index in [-0.39, 0.29) is 15.4 Å². The molecule has 0 aliphatic carbocycles. The molecule has 0 spiro atoms. The second kappa shape index (κ2) is 6.22. The van der Waals surface area contributed by atoms with Crippen LogP contribution in [-0.2, 0) is 14.8 Å². The Bertz CT molecular complexity index is 775. The number of likely N-dealkylation sites (N-methyl/N-ethyl adjacent to an activating group) is 1. The molecular weight excluding hydrogens is 336 g/mol. The largest absolute Gasteiger partial charge is 0.355 e. The van der Waals surface area contributed by atoms with E-state index in [4.69, 9.17) is 11.6 Å². The Balaban J connectivity index is 2.27. The predicted octanol–water partition coefficient (Wildman–Crippen LogP) is 1.15. The van der Waals surface area contributed by atoms with Crippen molar-refractivity contribution >= 4 is 49.1 Å². The van der Waals surface area contributed by atoms with Crippen LogP contribution in [0, 0.1) is 0 Å². The summed E-state index contributed by atoms with van der Waals surface area (Å²) in [5.74, 6) is -0.384. The average molecular weight is 349 g/mol. The topological polar surface area (TPSA) is 101 Å². The summed E-state index contributed by atoms with van der Waals surface area (Å²) in [5.41, 5.74) is 0.450. The van der Waals surface area contributed by atoms with Gasteiger partial charge in [-0.3, -0.25) is 4.79 Å². The van der Waals surface area contributed by atoms with Crippen molar-refractivity contribution < 1.29 is 13.2 Å². The van der Waals surface area contributed by atoms with Crippen LogP contribution < -0.4 is 10.0 Å². The lowest BCUT2D eigenvalue weighted by molar-refractivity contribution is -0.122. The number of carbonyl (C=O) groups excluding carboxylic acids is 1. The van der Waals surface area contributed by atoms with E-state index in [0.29, 0.717) is 16.8 Å². The summed E-state index contributed by atoms with van der Waals surface area (Å²) in [5, 5.41) is 2.60. The van der Waals surface area contributed by atoms with Gasteiger partial charge in [0.15, 0.2) is 0 Å². The first kappa shape index (κ1) is 16.1. The molecule has 2 heterocycles. The van der Waals surface area contributed by atoms with E-state index in [1.807, 2.05) is 0 Å². The average Bonchev–Trinajstić information content (AvgIpc) is 2.82. The normalized spacial score (nSPS) is 13.3. The molecule has 2 rings (SSSR count). The third-order valence-electron chi connectivity index (χ3n) is 2.56. The number of hydrogen-bond acceptors (Lipinski definition) is 6. The predicted molar refractivity (Wildman–Crippen MR) is 80.9 cm³/mol. The van der Waals surface area contributed by atoms with Crippen LogP contribution in [0.15, 0.2) is 16.5 Å². The highest BCUT2D eigenvalue weighted by Crippen LogP contribution is 2.27. The fourth-order valence-electron chi connectivity index (χ4n) is 1.60. The fourth-order valence-corrected chi connectivity index (χ4v) is 4.25. The molecule has 0 radical (unpaired) electrons. The minimum atomic E-state index is -3.80. The highest BCUT2D eigenvalue weighted by molar-refractivity contribution is 7.91. The monoisotopic (exact) mass is 348 g/mol. The number of halogens is 1. The molecular formula is C11H13ClN4O3S2. The first-order valence-electron chi connectivity index (χ1n) is 6.05. The van der Waals surface area contributed by atoms with Gasteiger partial charge in [-0.25, -0.2) is 18.4 Å². The van der Waals surface area contributed by atoms with E-state index in [0.717, 1.165) is 11.3 Å². The van der Waals surface area contributed by atoms with Crippen molar-refractivity contribution in [3.05, 3.63) is 17.5 Å². The quantitative estimate of drug-likeness (QED) is 0.789. The first-order chi connectivity index (χ1) is 9.83. The molecule has 21 heavy (non-hydrogen) atoms. The summed E-state index contributed by atoms with van der Waals surface area (Å²) >= 11 is 6.68. The van der Waals surface area contributed by atoms with Crippen LogP contribution >= 0.6 is 22.9 Å². The molecule has 114 valence electrons. The molecule has 0 aliphatic heterocycles. The molecule has 2 N–H and O–H groups in total. The second-order valence-electron chi connectivity index (χ2n) is 4.19. The van der Waals surface area contributed by atoms with E-state index in [9.17, 15) is 13.2 Å². The lowest BCUT2D eigenvalue weighted by Crippen LogP contribution is -2.44. The van der Waals surface area contributed by atoms with E-state index in [1.165, 1.54) is 19.2 Å². The lowest BCUT2D eigenvalue weighted by Gasteiger charge is -2.12. The van der Waals surface area contributed by atoms with Crippen molar-refractivity contribution in [2.75, 3.05) is 6.54 Å². The molecule has 10 heteroatoms. The van der Waals surface area contributed by atoms with E-state index < -0.39 is 16.1 Å². The molecule has 0 aromatic carbocycles. The van der Waals surface area contributed by atoms with Gasteiger partial charge in [-0.05, 0) is 31.5 Å². The van der Waals surface area contributed by atoms with Crippen LogP contribution in [-0.4, -0.2) is 36.9 Å². The number of rotatable bonds is 5. The molecule has 2 aromatic rings. The zero-order valence-electron chi connectivity index (χ0n) is 11.3. The molecule has 0 unspecified atom stereocenters. The van der Waals surface area contributed by atoms with Gasteiger partial charge in [-0.1, -0.05) is 0 Å². The summed E-state index contributed by atoms with van der Waals surface area (Å²) in [6, 6.07) is 0.537. The Labute approximate surface area is 130 Å². The number of amides is 1. The summed E-state index contributed by atoms with van der Waals surface area (Å²) < 4.78 is 27.5. The Hall–Kier alpha value is -1.29. The van der Waals surface area contributed by atoms with Crippen molar-refractivity contribution in [3.8, 4) is 0 Å². The van der Waals surface area contributed by atoms with Gasteiger partial charge in [0.1, 0.15) is 4.21 Å². The van der Waals surface area contributed by atoms with Gasteiger partial charge in [-0.2, -0.15) is 4.72 Å². The SMILES string of the molecule is CCNC(=O)[C@H](C)NS(=O)(=O)c1cc2nc(Cl)ncc2s1. The molecule has 2 aromatic heterocycles. The molecule has 1 atom stereocenters. The Morgan fingerprint density at radius 2 is 2.24 bits per heavy atom. The summed E-state index contributed by atoms with van der Waals surface area (Å²) in [6.07, 6.45) is 1.46. The van der Waals surface area contributed by atoms with Crippen LogP contribution in [0.4, 0.5) is 0 Å². The van der Waals surface area contributed by atoms with Crippen LogP contribution in [0.1, 0.15) is 13.8 Å². The third-order valence-corrected chi connectivity index (χ3v) is 5.81. The summed E-state index contributed by atoms with van der Waals surface area (Å²) in [7, 11) is -3.80. The van der Waals surface area contributed by atoms with Crippen LogP contribution in [0.25, 0.3) is 10.2 Å². The Morgan fingerprint density at radius 1 is 1.52 bits per heavy atom. The van der Waals surface area contributed by atoms with Gasteiger partial charge in [0, 0.05) is 12.7 Å². The van der Waals surface area contributed by atoms with Crippen LogP contribution in [0.5, 0.6) is 0 Å². The molecule has 0 saturated heterocycles. The fraction of sp³-hybridized carbons (Fsp3) is 0.364. The van der Waals surface area contributed by atoms with Gasteiger partial charge < -0.3 is 5.32 Å². The molecule has 0 fully saturated rings. The number of nitrogens with zero attached hydrogens (tertiary/aromatic N) is 2. The number of hydrogen-bond donors (Lipinski definition) is 2.